The van der Waals surface area contributed by atoms with Crippen LogP contribution in [-0.4, -0.2) is 124 Å². The highest BCUT2D eigenvalue weighted by Crippen LogP contribution is 2.24. The van der Waals surface area contributed by atoms with Crippen LogP contribution in [0.25, 0.3) is 0 Å². The molecule has 0 spiro atoms. The number of esters is 2. The first-order chi connectivity index (χ1) is 32.2. The van der Waals surface area contributed by atoms with E-state index in [9.17, 15) is 38.4 Å². The highest BCUT2D eigenvalue weighted by atomic mass is 16.6. The molecule has 6 N–H and O–H groups in total. The topological polar surface area (TPSA) is 264 Å². The van der Waals surface area contributed by atoms with Crippen molar-refractivity contribution in [1.29, 1.82) is 0 Å². The lowest BCUT2D eigenvalue weighted by Gasteiger charge is -2.22. The first-order valence-electron chi connectivity index (χ1n) is 22.3. The Balaban J connectivity index is 1.21. The maximum absolute atomic E-state index is 13.5. The number of hydrogen-bond acceptors (Lipinski definition) is 16. The van der Waals surface area contributed by atoms with Gasteiger partial charge >= 0.3 is 36.3 Å². The lowest BCUT2D eigenvalue weighted by molar-refractivity contribution is -0.146. The van der Waals surface area contributed by atoms with Crippen molar-refractivity contribution in [3.63, 3.8) is 0 Å². The van der Waals surface area contributed by atoms with Crippen molar-refractivity contribution in [2.75, 3.05) is 40.5 Å². The molecule has 370 valence electrons. The van der Waals surface area contributed by atoms with Gasteiger partial charge in [-0.05, 0) is 76.6 Å². The highest BCUT2D eigenvalue weighted by Gasteiger charge is 2.47. The lowest BCUT2D eigenvalue weighted by atomic mass is 9.88. The highest BCUT2D eigenvalue weighted by molar-refractivity contribution is 5.91. The molecule has 20 nitrogen and oxygen atoms in total. The smallest absolute Gasteiger partial charge is 0.408 e. The van der Waals surface area contributed by atoms with Crippen molar-refractivity contribution in [3.8, 4) is 11.8 Å². The van der Waals surface area contributed by atoms with Crippen LogP contribution in [0.5, 0.6) is 0 Å². The summed E-state index contributed by atoms with van der Waals surface area (Å²) in [6, 6.07) is 11.1. The number of nitrogens with one attached hydrogen (secondary N) is 6. The molecule has 6 atom stereocenters. The maximum atomic E-state index is 13.5. The van der Waals surface area contributed by atoms with Gasteiger partial charge in [0, 0.05) is 39.0 Å². The summed E-state index contributed by atoms with van der Waals surface area (Å²) in [4.78, 5) is 102. The minimum absolute atomic E-state index is 0.0664. The van der Waals surface area contributed by atoms with Gasteiger partial charge in [-0.2, -0.15) is 0 Å². The second-order valence-electron chi connectivity index (χ2n) is 18.2. The van der Waals surface area contributed by atoms with Gasteiger partial charge in [-0.25, -0.2) is 19.2 Å². The summed E-state index contributed by atoms with van der Waals surface area (Å²) in [7, 11) is 2.41. The largest absolute Gasteiger partial charge is 0.468 e. The molecule has 2 saturated heterocycles. The van der Waals surface area contributed by atoms with E-state index in [0.29, 0.717) is 12.8 Å². The number of carbonyl (C=O) groups excluding carboxylic acids is 8. The van der Waals surface area contributed by atoms with Crippen molar-refractivity contribution < 1.29 is 66.8 Å². The number of hydrogen-bond donors (Lipinski definition) is 6. The van der Waals surface area contributed by atoms with E-state index in [1.54, 1.807) is 41.5 Å². The zero-order valence-corrected chi connectivity index (χ0v) is 39.9. The molecule has 2 heterocycles. The van der Waals surface area contributed by atoms with Gasteiger partial charge in [0.05, 0.1) is 38.1 Å². The zero-order valence-electron chi connectivity index (χ0n) is 39.9. The van der Waals surface area contributed by atoms with Crippen LogP contribution in [0.4, 0.5) is 19.2 Å². The summed E-state index contributed by atoms with van der Waals surface area (Å²) in [5, 5.41) is 16.6. The Kier molecular flexibility index (Phi) is 20.1. The monoisotopic (exact) mass is 948 g/mol. The van der Waals surface area contributed by atoms with Gasteiger partial charge in [-0.1, -0.05) is 60.4 Å². The van der Waals surface area contributed by atoms with Crippen LogP contribution < -0.4 is 31.9 Å². The molecular formula is C48H64N6O14. The molecule has 20 heteroatoms. The van der Waals surface area contributed by atoms with E-state index < -0.39 is 96.7 Å². The van der Waals surface area contributed by atoms with E-state index in [1.807, 2.05) is 48.5 Å². The third kappa shape index (κ3) is 17.8. The van der Waals surface area contributed by atoms with Crippen molar-refractivity contribution in [2.24, 2.45) is 11.8 Å². The molecule has 2 aromatic carbocycles. The number of methoxy groups -OCH3 is 2. The summed E-state index contributed by atoms with van der Waals surface area (Å²) < 4.78 is 30.7. The molecule has 0 radical (unpaired) electrons. The van der Waals surface area contributed by atoms with Crippen molar-refractivity contribution in [1.82, 2.24) is 31.9 Å². The van der Waals surface area contributed by atoms with E-state index in [2.05, 4.69) is 43.7 Å². The van der Waals surface area contributed by atoms with Crippen LogP contribution in [0, 0.1) is 23.7 Å². The van der Waals surface area contributed by atoms with E-state index in [1.165, 1.54) is 14.2 Å². The quantitative estimate of drug-likeness (QED) is 0.0712. The van der Waals surface area contributed by atoms with E-state index in [4.69, 9.17) is 28.4 Å². The normalized spacial score (nSPS) is 19.8. The number of alkyl carbamates (subject to hydrolysis) is 4. The molecule has 2 aliphatic heterocycles. The van der Waals surface area contributed by atoms with Gasteiger partial charge in [0.2, 0.25) is 0 Å². The summed E-state index contributed by atoms with van der Waals surface area (Å²) in [5.41, 5.74) is 2.13. The third-order valence-corrected chi connectivity index (χ3v) is 10.7. The number of ketones is 2. The molecule has 2 fully saturated rings. The number of benzene rings is 2. The molecule has 4 amide bonds. The van der Waals surface area contributed by atoms with Gasteiger partial charge in [0.25, 0.3) is 0 Å². The molecule has 0 bridgehead atoms. The minimum Gasteiger partial charge on any atom is -0.468 e. The molecule has 6 unspecified atom stereocenters. The van der Waals surface area contributed by atoms with Crippen LogP contribution in [0.3, 0.4) is 0 Å². The first kappa shape index (κ1) is 53.9. The summed E-state index contributed by atoms with van der Waals surface area (Å²) in [6.07, 6.45) is -2.00. The number of amides is 4. The van der Waals surface area contributed by atoms with Crippen molar-refractivity contribution in [3.05, 3.63) is 70.8 Å². The maximum Gasteiger partial charge on any atom is 0.408 e. The van der Waals surface area contributed by atoms with Gasteiger partial charge < -0.3 is 60.3 Å². The van der Waals surface area contributed by atoms with Crippen LogP contribution in [0.2, 0.25) is 0 Å². The van der Waals surface area contributed by atoms with Gasteiger partial charge in [-0.3, -0.25) is 19.2 Å². The van der Waals surface area contributed by atoms with Crippen molar-refractivity contribution in [2.45, 2.75) is 116 Å². The Hall–Kier alpha value is -6.72. The fourth-order valence-corrected chi connectivity index (χ4v) is 7.48. The van der Waals surface area contributed by atoms with E-state index >= 15 is 0 Å². The Labute approximate surface area is 396 Å². The Morgan fingerprint density at radius 1 is 0.544 bits per heavy atom. The van der Waals surface area contributed by atoms with Gasteiger partial charge in [0.15, 0.2) is 13.2 Å². The third-order valence-electron chi connectivity index (χ3n) is 10.7. The number of ether oxygens (including phenoxy) is 6. The van der Waals surface area contributed by atoms with Crippen molar-refractivity contribution >= 4 is 47.9 Å². The molecular weight excluding hydrogens is 885 g/mol. The Morgan fingerprint density at radius 2 is 0.882 bits per heavy atom. The predicted molar refractivity (Wildman–Crippen MR) is 245 cm³/mol. The second kappa shape index (κ2) is 25.4. The molecule has 2 aromatic rings. The van der Waals surface area contributed by atoms with Gasteiger partial charge in [-0.15, -0.1) is 0 Å². The average Bonchev–Trinajstić information content (AvgIpc) is 3.90. The first-order valence-corrected chi connectivity index (χ1v) is 22.3. The standard InChI is InChI=1S/C48H64N6O14/c1-47(2,3)67-43(59)51-25-31-15-11-29(12-16-31)19-21-35(55)37-33(27-49-39(37)41(57)63-7)53-45(61)65-23-9-10-24-66-46(62)54-34-28-50-40(42(58)64-8)38(34)36(56)22-20-30-13-17-32(18-14-30)26-52-44(60)68-48(4,5)6/h11-18,33-34,37-40,49-50H,19-28H2,1-8H3,(H,51,59)(H,52,60)(H,53,61)(H,54,62). The molecule has 2 aliphatic rings. The zero-order chi connectivity index (χ0) is 50.0. The Morgan fingerprint density at radius 3 is 1.21 bits per heavy atom. The van der Waals surface area contributed by atoms with Crippen LogP contribution >= 0.6 is 0 Å². The molecule has 4 rings (SSSR count). The van der Waals surface area contributed by atoms with E-state index in [-0.39, 0.29) is 50.6 Å². The molecule has 0 saturated carbocycles. The summed E-state index contributed by atoms with van der Waals surface area (Å²) in [5.74, 6) is 1.37. The fraction of sp³-hybridized carbons (Fsp3) is 0.542. The van der Waals surface area contributed by atoms with E-state index in [0.717, 1.165) is 22.3 Å². The minimum atomic E-state index is -0.992. The molecule has 68 heavy (non-hydrogen) atoms. The van der Waals surface area contributed by atoms with Crippen LogP contribution in [-0.2, 0) is 73.5 Å². The van der Waals surface area contributed by atoms with Gasteiger partial charge in [0.1, 0.15) is 34.9 Å². The molecule has 0 aromatic heterocycles. The number of rotatable bonds is 18. The van der Waals surface area contributed by atoms with Crippen LogP contribution in [0.1, 0.15) is 76.6 Å². The average molecular weight is 949 g/mol. The SMILES string of the molecule is COC(=O)C1NCC(NC(=O)OCC#CCOC(=O)NC2CNC(C(=O)OC)C2C(=O)CCc2ccc(CNC(=O)OC(C)(C)C)cc2)C1C(=O)CCc1ccc(CNC(=O)OC(C)(C)C)cc1. The predicted octanol–water partition coefficient (Wildman–Crippen LogP) is 3.15. The number of carbonyl (C=O) groups is 8. The lowest BCUT2D eigenvalue weighted by Crippen LogP contribution is -2.47. The van der Waals surface area contributed by atoms with Crippen LogP contribution in [0.15, 0.2) is 48.5 Å². The second-order valence-corrected chi connectivity index (χ2v) is 18.2. The fourth-order valence-electron chi connectivity index (χ4n) is 7.48. The summed E-state index contributed by atoms with van der Waals surface area (Å²) in [6.45, 7) is 10.6. The number of Topliss-reactive ketones (excluding diaryl/α,β-unsaturated/α-hetero) is 2. The Bertz CT molecular complexity index is 2010. The molecule has 0 aliphatic carbocycles. The summed E-state index contributed by atoms with van der Waals surface area (Å²) >= 11 is 0. The number of aryl methyl sites for hydroxylation is 2.